The monoisotopic (exact) mass is 439 g/mol. The van der Waals surface area contributed by atoms with Crippen LogP contribution in [0.25, 0.3) is 0 Å². The first-order chi connectivity index (χ1) is 14.9. The number of aromatic nitrogens is 1. The van der Waals surface area contributed by atoms with Crippen molar-refractivity contribution in [2.75, 3.05) is 6.54 Å². The lowest BCUT2D eigenvalue weighted by atomic mass is 9.90. The summed E-state index contributed by atoms with van der Waals surface area (Å²) >= 11 is 0. The zero-order valence-electron chi connectivity index (χ0n) is 17.9. The van der Waals surface area contributed by atoms with Crippen LogP contribution in [0.1, 0.15) is 47.2 Å². The molecule has 6 nitrogen and oxygen atoms in total. The zero-order chi connectivity index (χ0) is 21.8. The van der Waals surface area contributed by atoms with Crippen molar-refractivity contribution < 1.29 is 13.2 Å². The van der Waals surface area contributed by atoms with Gasteiger partial charge in [0, 0.05) is 37.4 Å². The minimum absolute atomic E-state index is 0.0482. The van der Waals surface area contributed by atoms with Crippen molar-refractivity contribution in [3.05, 3.63) is 76.6 Å². The molecule has 1 aromatic carbocycles. The summed E-state index contributed by atoms with van der Waals surface area (Å²) in [5.41, 5.74) is 4.67. The van der Waals surface area contributed by atoms with Gasteiger partial charge in [-0.1, -0.05) is 42.5 Å². The molecule has 2 aromatic rings. The van der Waals surface area contributed by atoms with Crippen LogP contribution in [0.15, 0.2) is 48.7 Å². The van der Waals surface area contributed by atoms with Crippen molar-refractivity contribution in [3.63, 3.8) is 0 Å². The van der Waals surface area contributed by atoms with Crippen LogP contribution in [0.4, 0.5) is 0 Å². The summed E-state index contributed by atoms with van der Waals surface area (Å²) in [6.45, 7) is 3.34. The molecule has 0 saturated carbocycles. The number of amides is 1. The van der Waals surface area contributed by atoms with Gasteiger partial charge in [0.15, 0.2) is 0 Å². The number of sulfonamides is 1. The van der Waals surface area contributed by atoms with Crippen LogP contribution in [0, 0.1) is 12.8 Å². The number of hydrogen-bond donors (Lipinski definition) is 1. The lowest BCUT2D eigenvalue weighted by Crippen LogP contribution is -2.40. The lowest BCUT2D eigenvalue weighted by Gasteiger charge is -2.33. The Balaban J connectivity index is 1.46. The summed E-state index contributed by atoms with van der Waals surface area (Å²) in [4.78, 5) is 19.4. The average Bonchev–Trinajstić information content (AvgIpc) is 2.78. The van der Waals surface area contributed by atoms with Crippen LogP contribution in [-0.4, -0.2) is 30.8 Å². The quantitative estimate of drug-likeness (QED) is 0.701. The molecule has 0 saturated heterocycles. The molecule has 1 aliphatic carbocycles. The van der Waals surface area contributed by atoms with E-state index in [1.807, 2.05) is 48.4 Å². The molecule has 1 N–H and O–H groups in total. The smallest absolute Gasteiger partial charge is 0.226 e. The Bertz CT molecular complexity index is 1080. The topological polar surface area (TPSA) is 79.4 Å². The van der Waals surface area contributed by atoms with Gasteiger partial charge in [-0.15, -0.1) is 0 Å². The molecule has 1 unspecified atom stereocenters. The van der Waals surface area contributed by atoms with E-state index < -0.39 is 10.0 Å². The third-order valence-electron chi connectivity index (χ3n) is 6.19. The molecule has 4 rings (SSSR count). The van der Waals surface area contributed by atoms with Crippen LogP contribution >= 0.6 is 0 Å². The first kappa shape index (κ1) is 21.7. The summed E-state index contributed by atoms with van der Waals surface area (Å²) in [6, 6.07) is 9.16. The van der Waals surface area contributed by atoms with Gasteiger partial charge in [0.25, 0.3) is 0 Å². The molecule has 0 radical (unpaired) electrons. The summed E-state index contributed by atoms with van der Waals surface area (Å²) in [6.07, 6.45) is 9.52. The Morgan fingerprint density at radius 3 is 2.77 bits per heavy atom. The molecule has 0 spiro atoms. The van der Waals surface area contributed by atoms with E-state index in [4.69, 9.17) is 0 Å². The van der Waals surface area contributed by atoms with Crippen molar-refractivity contribution in [1.29, 1.82) is 0 Å². The normalized spacial score (nSPS) is 18.6. The van der Waals surface area contributed by atoms with Crippen molar-refractivity contribution in [3.8, 4) is 0 Å². The molecular weight excluding hydrogens is 410 g/mol. The fourth-order valence-corrected chi connectivity index (χ4v) is 5.55. The molecule has 31 heavy (non-hydrogen) atoms. The van der Waals surface area contributed by atoms with E-state index >= 15 is 0 Å². The first-order valence-corrected chi connectivity index (χ1v) is 12.5. The van der Waals surface area contributed by atoms with E-state index in [1.165, 1.54) is 0 Å². The Morgan fingerprint density at radius 1 is 1.23 bits per heavy atom. The Labute approximate surface area is 184 Å². The Hall–Kier alpha value is -2.51. The van der Waals surface area contributed by atoms with Gasteiger partial charge in [0.2, 0.25) is 15.9 Å². The van der Waals surface area contributed by atoms with Crippen molar-refractivity contribution in [2.45, 2.75) is 51.4 Å². The Kier molecular flexibility index (Phi) is 6.53. The third kappa shape index (κ3) is 5.22. The highest BCUT2D eigenvalue weighted by Crippen LogP contribution is 2.27. The highest BCUT2D eigenvalue weighted by molar-refractivity contribution is 7.88. The van der Waals surface area contributed by atoms with Crippen molar-refractivity contribution in [1.82, 2.24) is 14.6 Å². The van der Waals surface area contributed by atoms with E-state index in [2.05, 4.69) is 21.9 Å². The van der Waals surface area contributed by atoms with Gasteiger partial charge in [-0.05, 0) is 54.9 Å². The maximum absolute atomic E-state index is 12.9. The van der Waals surface area contributed by atoms with Gasteiger partial charge >= 0.3 is 0 Å². The molecule has 2 heterocycles. The number of benzene rings is 1. The number of allylic oxidation sites excluding steroid dienone is 2. The molecule has 164 valence electrons. The zero-order valence-corrected chi connectivity index (χ0v) is 18.7. The molecule has 2 aliphatic rings. The summed E-state index contributed by atoms with van der Waals surface area (Å²) in [7, 11) is -3.46. The maximum Gasteiger partial charge on any atom is 0.226 e. The number of rotatable bonds is 6. The SMILES string of the molecule is Cc1ncc2c(c1CNS(=O)(=O)Cc1ccccc1)CCN(C(=O)C1CC=CCC1)C2. The fraction of sp³-hybridized carbons (Fsp3) is 0.417. The fourth-order valence-electron chi connectivity index (χ4n) is 4.45. The van der Waals surface area contributed by atoms with Gasteiger partial charge in [-0.3, -0.25) is 9.78 Å². The molecular formula is C24H29N3O3S. The summed E-state index contributed by atoms with van der Waals surface area (Å²) in [5.74, 6) is 0.253. The van der Waals surface area contributed by atoms with E-state index in [1.54, 1.807) is 0 Å². The van der Waals surface area contributed by atoms with Gasteiger partial charge < -0.3 is 4.90 Å². The van der Waals surface area contributed by atoms with E-state index in [-0.39, 0.29) is 24.1 Å². The number of nitrogens with zero attached hydrogens (tertiary/aromatic N) is 2. The minimum Gasteiger partial charge on any atom is -0.338 e. The maximum atomic E-state index is 12.9. The van der Waals surface area contributed by atoms with E-state index in [9.17, 15) is 13.2 Å². The molecule has 1 atom stereocenters. The van der Waals surface area contributed by atoms with Crippen LogP contribution in [0.3, 0.4) is 0 Å². The minimum atomic E-state index is -3.46. The second-order valence-corrected chi connectivity index (χ2v) is 10.2. The van der Waals surface area contributed by atoms with E-state index in [0.717, 1.165) is 53.6 Å². The molecule has 1 amide bonds. The average molecular weight is 440 g/mol. The highest BCUT2D eigenvalue weighted by Gasteiger charge is 2.29. The first-order valence-electron chi connectivity index (χ1n) is 10.8. The van der Waals surface area contributed by atoms with Crippen molar-refractivity contribution >= 4 is 15.9 Å². The summed E-state index contributed by atoms with van der Waals surface area (Å²) < 4.78 is 27.9. The molecule has 1 aromatic heterocycles. The predicted octanol–water partition coefficient (Wildman–Crippen LogP) is 3.25. The molecule has 1 aliphatic heterocycles. The number of pyridine rings is 1. The van der Waals surface area contributed by atoms with Crippen molar-refractivity contribution in [2.24, 2.45) is 5.92 Å². The standard InChI is InChI=1S/C24H29N3O3S/c1-18-23(15-26-31(29,30)17-19-8-4-2-5-9-19)22-12-13-27(16-21(22)14-25-18)24(28)20-10-6-3-7-11-20/h2-6,8-9,14,20,26H,7,10-13,15-17H2,1H3. The number of nitrogens with one attached hydrogen (secondary N) is 1. The van der Waals surface area contributed by atoms with Gasteiger partial charge in [-0.2, -0.15) is 0 Å². The number of carbonyl (C=O) groups excluding carboxylic acids is 1. The van der Waals surface area contributed by atoms with Crippen LogP contribution < -0.4 is 4.72 Å². The van der Waals surface area contributed by atoms with E-state index in [0.29, 0.717) is 13.1 Å². The second-order valence-electron chi connectivity index (χ2n) is 8.38. The summed E-state index contributed by atoms with van der Waals surface area (Å²) in [5, 5.41) is 0. The predicted molar refractivity (Wildman–Crippen MR) is 120 cm³/mol. The molecule has 0 fully saturated rings. The number of fused-ring (bicyclic) bond motifs is 1. The number of carbonyl (C=O) groups is 1. The lowest BCUT2D eigenvalue weighted by molar-refractivity contribution is -0.136. The number of hydrogen-bond acceptors (Lipinski definition) is 4. The van der Waals surface area contributed by atoms with Gasteiger partial charge in [0.05, 0.1) is 5.75 Å². The van der Waals surface area contributed by atoms with Crippen LogP contribution in [0.5, 0.6) is 0 Å². The van der Waals surface area contributed by atoms with Crippen LogP contribution in [-0.2, 0) is 40.1 Å². The molecule has 0 bridgehead atoms. The largest absolute Gasteiger partial charge is 0.338 e. The highest BCUT2D eigenvalue weighted by atomic mass is 32.2. The van der Waals surface area contributed by atoms with Gasteiger partial charge in [-0.25, -0.2) is 13.1 Å². The second kappa shape index (κ2) is 9.32. The number of aryl methyl sites for hydroxylation is 1. The van der Waals surface area contributed by atoms with Crippen LogP contribution in [0.2, 0.25) is 0 Å². The third-order valence-corrected chi connectivity index (χ3v) is 7.49. The molecule has 7 heteroatoms. The Morgan fingerprint density at radius 2 is 2.03 bits per heavy atom. The van der Waals surface area contributed by atoms with Gasteiger partial charge in [0.1, 0.15) is 0 Å².